The van der Waals surface area contributed by atoms with Gasteiger partial charge in [-0.15, -0.1) is 0 Å². The Kier molecular flexibility index (Phi) is 5.82. The first-order valence-electron chi connectivity index (χ1n) is 6.65. The molecule has 0 spiro atoms. The zero-order valence-electron chi connectivity index (χ0n) is 12.1. The van der Waals surface area contributed by atoms with Crippen molar-refractivity contribution < 1.29 is 18.4 Å². The smallest absolute Gasteiger partial charge is 0.270 e. The van der Waals surface area contributed by atoms with Gasteiger partial charge in [-0.05, 0) is 18.9 Å². The molecule has 0 heterocycles. The molecule has 0 amide bonds. The molecule has 8 heteroatoms. The molecule has 0 aliphatic heterocycles. The van der Waals surface area contributed by atoms with Gasteiger partial charge in [0.25, 0.3) is 5.69 Å². The molecule has 21 heavy (non-hydrogen) atoms. The maximum absolute atomic E-state index is 12.2. The zero-order chi connectivity index (χ0) is 16.1. The molecular weight excluding hydrogens is 296 g/mol. The molecule has 0 bridgehead atoms. The average molecular weight is 316 g/mol. The fourth-order valence-electron chi connectivity index (χ4n) is 1.88. The van der Waals surface area contributed by atoms with Crippen LogP contribution in [-0.4, -0.2) is 31.6 Å². The summed E-state index contributed by atoms with van der Waals surface area (Å²) in [7, 11) is -3.85. The summed E-state index contributed by atoms with van der Waals surface area (Å²) in [5, 5.41) is 20.1. The summed E-state index contributed by atoms with van der Waals surface area (Å²) in [6, 6.07) is 4.87. The van der Waals surface area contributed by atoms with Crippen molar-refractivity contribution in [1.82, 2.24) is 4.72 Å². The number of sulfonamides is 1. The Hall–Kier alpha value is -1.51. The molecule has 0 aliphatic carbocycles. The molecule has 0 atom stereocenters. The molecule has 118 valence electrons. The van der Waals surface area contributed by atoms with Gasteiger partial charge >= 0.3 is 0 Å². The quantitative estimate of drug-likeness (QED) is 0.560. The third-order valence-corrected chi connectivity index (χ3v) is 5.21. The number of nitro groups is 1. The fraction of sp³-hybridized carbons (Fsp3) is 0.538. The highest BCUT2D eigenvalue weighted by molar-refractivity contribution is 7.89. The van der Waals surface area contributed by atoms with Gasteiger partial charge in [-0.1, -0.05) is 19.9 Å². The number of aliphatic hydroxyl groups excluding tert-OH is 1. The summed E-state index contributed by atoms with van der Waals surface area (Å²) in [6.45, 7) is 3.71. The number of benzene rings is 1. The van der Waals surface area contributed by atoms with Crippen molar-refractivity contribution in [2.45, 2.75) is 31.6 Å². The number of hydrogen-bond donors (Lipinski definition) is 2. The Morgan fingerprint density at radius 3 is 2.43 bits per heavy atom. The van der Waals surface area contributed by atoms with Crippen molar-refractivity contribution in [3.05, 3.63) is 34.4 Å². The number of rotatable bonds is 8. The Morgan fingerprint density at radius 1 is 1.33 bits per heavy atom. The molecular formula is C13H20N2O5S. The molecule has 0 fully saturated rings. The molecule has 0 aliphatic rings. The lowest BCUT2D eigenvalue weighted by molar-refractivity contribution is -0.385. The highest BCUT2D eigenvalue weighted by Gasteiger charge is 2.28. The van der Waals surface area contributed by atoms with Crippen molar-refractivity contribution in [3.8, 4) is 0 Å². The van der Waals surface area contributed by atoms with E-state index in [9.17, 15) is 23.6 Å². The molecule has 0 unspecified atom stereocenters. The van der Waals surface area contributed by atoms with Crippen LogP contribution in [0.15, 0.2) is 29.2 Å². The van der Waals surface area contributed by atoms with Crippen LogP contribution in [-0.2, 0) is 10.0 Å². The Bertz CT molecular complexity index is 588. The maximum atomic E-state index is 12.2. The van der Waals surface area contributed by atoms with Crippen LogP contribution in [0, 0.1) is 15.5 Å². The van der Waals surface area contributed by atoms with Crippen LogP contribution in [0.1, 0.15) is 26.7 Å². The third kappa shape index (κ3) is 4.23. The number of nitrogens with one attached hydrogen (secondary N) is 1. The molecule has 0 saturated heterocycles. The molecule has 0 radical (unpaired) electrons. The standard InChI is InChI=1S/C13H20N2O5S/c1-3-13(4-2,10-16)9-14-21(19,20)12-7-5-6-11(8-12)15(17)18/h5-8,14,16H,3-4,9-10H2,1-2H3. The second-order valence-electron chi connectivity index (χ2n) is 4.94. The topological polar surface area (TPSA) is 110 Å². The van der Waals surface area contributed by atoms with E-state index in [1.807, 2.05) is 13.8 Å². The van der Waals surface area contributed by atoms with E-state index in [1.54, 1.807) is 0 Å². The summed E-state index contributed by atoms with van der Waals surface area (Å²) < 4.78 is 26.8. The number of nitrogens with zero attached hydrogens (tertiary/aromatic N) is 1. The Balaban J connectivity index is 2.97. The highest BCUT2D eigenvalue weighted by atomic mass is 32.2. The maximum Gasteiger partial charge on any atom is 0.270 e. The lowest BCUT2D eigenvalue weighted by Crippen LogP contribution is -2.39. The van der Waals surface area contributed by atoms with E-state index in [1.165, 1.54) is 18.2 Å². The van der Waals surface area contributed by atoms with Gasteiger partial charge < -0.3 is 5.11 Å². The van der Waals surface area contributed by atoms with Gasteiger partial charge in [0.2, 0.25) is 10.0 Å². The van der Waals surface area contributed by atoms with Crippen LogP contribution >= 0.6 is 0 Å². The van der Waals surface area contributed by atoms with E-state index >= 15 is 0 Å². The van der Waals surface area contributed by atoms with Gasteiger partial charge in [0.15, 0.2) is 0 Å². The minimum absolute atomic E-state index is 0.0848. The molecule has 0 saturated carbocycles. The van der Waals surface area contributed by atoms with E-state index in [4.69, 9.17) is 0 Å². The number of nitro benzene ring substituents is 1. The second kappa shape index (κ2) is 6.97. The van der Waals surface area contributed by atoms with E-state index in [0.29, 0.717) is 12.8 Å². The Morgan fingerprint density at radius 2 is 1.95 bits per heavy atom. The molecule has 7 nitrogen and oxygen atoms in total. The van der Waals surface area contributed by atoms with Crippen molar-refractivity contribution in [1.29, 1.82) is 0 Å². The van der Waals surface area contributed by atoms with Gasteiger partial charge in [0.1, 0.15) is 0 Å². The molecule has 0 aromatic heterocycles. The first kappa shape index (κ1) is 17.5. The van der Waals surface area contributed by atoms with Gasteiger partial charge in [-0.3, -0.25) is 10.1 Å². The van der Waals surface area contributed by atoms with Crippen LogP contribution in [0.4, 0.5) is 5.69 Å². The summed E-state index contributed by atoms with van der Waals surface area (Å²) >= 11 is 0. The van der Waals surface area contributed by atoms with E-state index in [0.717, 1.165) is 6.07 Å². The molecule has 2 N–H and O–H groups in total. The number of aliphatic hydroxyl groups is 1. The van der Waals surface area contributed by atoms with Gasteiger partial charge in [0, 0.05) is 30.7 Å². The van der Waals surface area contributed by atoms with Gasteiger partial charge in [-0.25, -0.2) is 13.1 Å². The van der Waals surface area contributed by atoms with E-state index < -0.39 is 20.4 Å². The lowest BCUT2D eigenvalue weighted by atomic mass is 9.84. The largest absolute Gasteiger partial charge is 0.396 e. The van der Waals surface area contributed by atoms with Crippen LogP contribution in [0.5, 0.6) is 0 Å². The second-order valence-corrected chi connectivity index (χ2v) is 6.71. The monoisotopic (exact) mass is 316 g/mol. The lowest BCUT2D eigenvalue weighted by Gasteiger charge is -2.29. The van der Waals surface area contributed by atoms with Crippen LogP contribution < -0.4 is 4.72 Å². The average Bonchev–Trinajstić information content (AvgIpc) is 2.49. The predicted molar refractivity (Wildman–Crippen MR) is 78.4 cm³/mol. The van der Waals surface area contributed by atoms with Crippen LogP contribution in [0.3, 0.4) is 0 Å². The SMILES string of the molecule is CCC(CC)(CO)CNS(=O)(=O)c1cccc([N+](=O)[O-])c1. The van der Waals surface area contributed by atoms with Crippen LogP contribution in [0.2, 0.25) is 0 Å². The summed E-state index contributed by atoms with van der Waals surface area (Å²) in [5.74, 6) is 0. The highest BCUT2D eigenvalue weighted by Crippen LogP contribution is 2.25. The minimum Gasteiger partial charge on any atom is -0.396 e. The first-order chi connectivity index (χ1) is 9.80. The summed E-state index contributed by atoms with van der Waals surface area (Å²) in [4.78, 5) is 9.89. The molecule has 1 aromatic carbocycles. The van der Waals surface area contributed by atoms with E-state index in [2.05, 4.69) is 4.72 Å². The van der Waals surface area contributed by atoms with Crippen molar-refractivity contribution >= 4 is 15.7 Å². The van der Waals surface area contributed by atoms with Crippen molar-refractivity contribution in [2.24, 2.45) is 5.41 Å². The third-order valence-electron chi connectivity index (χ3n) is 3.81. The van der Waals surface area contributed by atoms with E-state index in [-0.39, 0.29) is 23.7 Å². The first-order valence-corrected chi connectivity index (χ1v) is 8.13. The van der Waals surface area contributed by atoms with Gasteiger partial charge in [-0.2, -0.15) is 0 Å². The summed E-state index contributed by atoms with van der Waals surface area (Å²) in [5.41, 5.74) is -0.800. The number of hydrogen-bond acceptors (Lipinski definition) is 5. The molecule has 1 aromatic rings. The normalized spacial score (nSPS) is 12.3. The molecule has 1 rings (SSSR count). The van der Waals surface area contributed by atoms with Crippen molar-refractivity contribution in [2.75, 3.05) is 13.2 Å². The Labute approximate surface area is 124 Å². The number of non-ortho nitro benzene ring substituents is 1. The fourth-order valence-corrected chi connectivity index (χ4v) is 3.07. The zero-order valence-corrected chi connectivity index (χ0v) is 12.9. The van der Waals surface area contributed by atoms with Crippen molar-refractivity contribution in [3.63, 3.8) is 0 Å². The minimum atomic E-state index is -3.85. The van der Waals surface area contributed by atoms with Gasteiger partial charge in [0.05, 0.1) is 9.82 Å². The van der Waals surface area contributed by atoms with Crippen LogP contribution in [0.25, 0.3) is 0 Å². The predicted octanol–water partition coefficient (Wildman–Crippen LogP) is 1.67. The summed E-state index contributed by atoms with van der Waals surface area (Å²) in [6.07, 6.45) is 1.24.